The SMILES string of the molecule is O=CO.O=CO.O=c1ccc(-c2cnc3nc(-c4ccccc4)[nH]c3c2)c[nH]1. The molecule has 28 heavy (non-hydrogen) atoms. The van der Waals surface area contributed by atoms with E-state index in [0.717, 1.165) is 28.0 Å². The molecule has 142 valence electrons. The van der Waals surface area contributed by atoms with Crippen LogP contribution in [0.5, 0.6) is 0 Å². The highest BCUT2D eigenvalue weighted by Crippen LogP contribution is 2.23. The summed E-state index contributed by atoms with van der Waals surface area (Å²) < 4.78 is 0. The smallest absolute Gasteiger partial charge is 0.290 e. The van der Waals surface area contributed by atoms with Crippen molar-refractivity contribution < 1.29 is 19.8 Å². The van der Waals surface area contributed by atoms with Crippen LogP contribution in [-0.4, -0.2) is 43.1 Å². The average molecular weight is 380 g/mol. The zero-order valence-electron chi connectivity index (χ0n) is 14.4. The Labute approximate surface area is 158 Å². The number of H-pyrrole nitrogens is 2. The van der Waals surface area contributed by atoms with Crippen LogP contribution in [0.4, 0.5) is 0 Å². The van der Waals surface area contributed by atoms with Crippen LogP contribution in [0, 0.1) is 0 Å². The van der Waals surface area contributed by atoms with E-state index in [1.165, 1.54) is 6.07 Å². The Bertz CT molecular complexity index is 1080. The average Bonchev–Trinajstić information content (AvgIpc) is 3.14. The molecule has 0 saturated heterocycles. The molecule has 0 fully saturated rings. The van der Waals surface area contributed by atoms with E-state index in [0.29, 0.717) is 5.65 Å². The standard InChI is InChI=1S/C17H12N4O.2CH2O2/c22-15-7-6-12(9-18-15)13-8-14-17(19-10-13)21-16(20-14)11-4-2-1-3-5-11;2*2-1-3/h1-10H,(H,18,22)(H,19,20,21);2*1H,(H,2,3). The number of fused-ring (bicyclic) bond motifs is 1. The first-order valence-corrected chi connectivity index (χ1v) is 7.89. The molecule has 4 N–H and O–H groups in total. The third-order valence-corrected chi connectivity index (χ3v) is 3.50. The summed E-state index contributed by atoms with van der Waals surface area (Å²) in [6.07, 6.45) is 3.44. The van der Waals surface area contributed by atoms with Gasteiger partial charge < -0.3 is 20.2 Å². The third kappa shape index (κ3) is 5.11. The largest absolute Gasteiger partial charge is 0.483 e. The van der Waals surface area contributed by atoms with Crippen molar-refractivity contribution in [2.75, 3.05) is 0 Å². The van der Waals surface area contributed by atoms with Gasteiger partial charge in [-0.15, -0.1) is 0 Å². The molecule has 0 aliphatic carbocycles. The van der Waals surface area contributed by atoms with E-state index in [9.17, 15) is 4.79 Å². The highest BCUT2D eigenvalue weighted by molar-refractivity contribution is 5.80. The zero-order valence-corrected chi connectivity index (χ0v) is 14.4. The number of hydrogen-bond acceptors (Lipinski definition) is 5. The molecule has 0 radical (unpaired) electrons. The van der Waals surface area contributed by atoms with E-state index >= 15 is 0 Å². The van der Waals surface area contributed by atoms with Gasteiger partial charge in [0.05, 0.1) is 5.52 Å². The van der Waals surface area contributed by atoms with Gasteiger partial charge in [0.1, 0.15) is 5.82 Å². The van der Waals surface area contributed by atoms with Gasteiger partial charge in [0, 0.05) is 29.6 Å². The number of carboxylic acid groups (broad SMARTS) is 2. The lowest BCUT2D eigenvalue weighted by molar-refractivity contribution is -0.123. The van der Waals surface area contributed by atoms with Gasteiger partial charge in [-0.05, 0) is 17.7 Å². The molecular weight excluding hydrogens is 364 g/mol. The first-order chi connectivity index (χ1) is 13.6. The van der Waals surface area contributed by atoms with E-state index in [4.69, 9.17) is 19.8 Å². The van der Waals surface area contributed by atoms with Crippen molar-refractivity contribution in [1.29, 1.82) is 0 Å². The molecule has 4 aromatic rings. The monoisotopic (exact) mass is 380 g/mol. The van der Waals surface area contributed by atoms with Crippen LogP contribution in [-0.2, 0) is 9.59 Å². The van der Waals surface area contributed by atoms with Gasteiger partial charge in [-0.25, -0.2) is 9.97 Å². The minimum absolute atomic E-state index is 0.120. The van der Waals surface area contributed by atoms with Crippen molar-refractivity contribution in [3.8, 4) is 22.5 Å². The summed E-state index contributed by atoms with van der Waals surface area (Å²) in [5.41, 5.74) is 4.27. The van der Waals surface area contributed by atoms with E-state index in [-0.39, 0.29) is 18.5 Å². The molecule has 1 aromatic carbocycles. The van der Waals surface area contributed by atoms with Gasteiger partial charge in [0.25, 0.3) is 12.9 Å². The highest BCUT2D eigenvalue weighted by atomic mass is 16.3. The summed E-state index contributed by atoms with van der Waals surface area (Å²) in [6.45, 7) is -0.500. The Morgan fingerprint density at radius 1 is 0.893 bits per heavy atom. The lowest BCUT2D eigenvalue weighted by atomic mass is 10.1. The summed E-state index contributed by atoms with van der Waals surface area (Å²) in [5, 5.41) is 13.8. The van der Waals surface area contributed by atoms with Gasteiger partial charge in [0.2, 0.25) is 5.56 Å². The summed E-state index contributed by atoms with van der Waals surface area (Å²) >= 11 is 0. The lowest BCUT2D eigenvalue weighted by Crippen LogP contribution is -2.01. The predicted molar refractivity (Wildman–Crippen MR) is 103 cm³/mol. The first-order valence-electron chi connectivity index (χ1n) is 7.89. The summed E-state index contributed by atoms with van der Waals surface area (Å²) in [5.74, 6) is 0.793. The Hall–Kier alpha value is -4.27. The molecule has 0 unspecified atom stereocenters. The molecular formula is C19H16N4O5. The van der Waals surface area contributed by atoms with Gasteiger partial charge in [-0.1, -0.05) is 30.3 Å². The molecule has 9 heteroatoms. The van der Waals surface area contributed by atoms with Crippen LogP contribution in [0.2, 0.25) is 0 Å². The lowest BCUT2D eigenvalue weighted by Gasteiger charge is -1.99. The second kappa shape index (κ2) is 10.0. The number of benzene rings is 1. The van der Waals surface area contributed by atoms with Crippen LogP contribution in [0.3, 0.4) is 0 Å². The molecule has 0 atom stereocenters. The number of pyridine rings is 2. The Kier molecular flexibility index (Phi) is 7.17. The van der Waals surface area contributed by atoms with Crippen LogP contribution >= 0.6 is 0 Å². The van der Waals surface area contributed by atoms with Crippen molar-refractivity contribution in [3.05, 3.63) is 71.3 Å². The second-order valence-electron chi connectivity index (χ2n) is 5.20. The molecule has 9 nitrogen and oxygen atoms in total. The molecule has 0 aliphatic rings. The fraction of sp³-hybridized carbons (Fsp3) is 0. The Morgan fingerprint density at radius 2 is 1.57 bits per heavy atom. The van der Waals surface area contributed by atoms with Crippen LogP contribution in [0.25, 0.3) is 33.7 Å². The Morgan fingerprint density at radius 3 is 2.18 bits per heavy atom. The van der Waals surface area contributed by atoms with Crippen LogP contribution in [0.15, 0.2) is 65.7 Å². The number of aromatic amines is 2. The quantitative estimate of drug-likeness (QED) is 0.390. The maximum absolute atomic E-state index is 11.1. The van der Waals surface area contributed by atoms with Gasteiger partial charge in [-0.3, -0.25) is 14.4 Å². The fourth-order valence-electron chi connectivity index (χ4n) is 2.38. The number of hydrogen-bond donors (Lipinski definition) is 4. The van der Waals surface area contributed by atoms with E-state index in [2.05, 4.69) is 19.9 Å². The molecule has 4 rings (SSSR count). The van der Waals surface area contributed by atoms with Crippen molar-refractivity contribution in [2.24, 2.45) is 0 Å². The minimum Gasteiger partial charge on any atom is -0.483 e. The van der Waals surface area contributed by atoms with Crippen molar-refractivity contribution >= 4 is 24.1 Å². The number of imidazole rings is 1. The van der Waals surface area contributed by atoms with Crippen molar-refractivity contribution in [1.82, 2.24) is 19.9 Å². The maximum atomic E-state index is 11.1. The van der Waals surface area contributed by atoms with Crippen LogP contribution in [0.1, 0.15) is 0 Å². The van der Waals surface area contributed by atoms with Crippen molar-refractivity contribution in [3.63, 3.8) is 0 Å². The molecule has 0 spiro atoms. The first kappa shape index (κ1) is 20.0. The molecule has 0 aliphatic heterocycles. The third-order valence-electron chi connectivity index (χ3n) is 3.50. The number of nitrogens with one attached hydrogen (secondary N) is 2. The van der Waals surface area contributed by atoms with E-state index in [1.54, 1.807) is 18.5 Å². The number of nitrogens with zero attached hydrogens (tertiary/aromatic N) is 2. The summed E-state index contributed by atoms with van der Waals surface area (Å²) in [4.78, 5) is 42.7. The highest BCUT2D eigenvalue weighted by Gasteiger charge is 2.07. The molecule has 0 amide bonds. The topological polar surface area (TPSA) is 149 Å². The summed E-state index contributed by atoms with van der Waals surface area (Å²) in [7, 11) is 0. The molecule has 0 saturated carbocycles. The van der Waals surface area contributed by atoms with Gasteiger partial charge >= 0.3 is 0 Å². The fourth-order valence-corrected chi connectivity index (χ4v) is 2.38. The number of carbonyl (C=O) groups is 2. The zero-order chi connectivity index (χ0) is 20.4. The number of rotatable bonds is 2. The second-order valence-corrected chi connectivity index (χ2v) is 5.20. The summed E-state index contributed by atoms with van der Waals surface area (Å²) in [6, 6.07) is 15.2. The van der Waals surface area contributed by atoms with E-state index in [1.807, 2.05) is 36.4 Å². The molecule has 3 heterocycles. The minimum atomic E-state index is -0.250. The number of aromatic nitrogens is 4. The van der Waals surface area contributed by atoms with Crippen LogP contribution < -0.4 is 5.56 Å². The molecule has 3 aromatic heterocycles. The Balaban J connectivity index is 0.000000418. The predicted octanol–water partition coefficient (Wildman–Crippen LogP) is 2.38. The van der Waals surface area contributed by atoms with E-state index < -0.39 is 0 Å². The van der Waals surface area contributed by atoms with Gasteiger partial charge in [-0.2, -0.15) is 0 Å². The molecule has 0 bridgehead atoms. The van der Waals surface area contributed by atoms with Crippen molar-refractivity contribution in [2.45, 2.75) is 0 Å². The maximum Gasteiger partial charge on any atom is 0.290 e. The normalized spacial score (nSPS) is 9.43. The van der Waals surface area contributed by atoms with Gasteiger partial charge in [0.15, 0.2) is 5.65 Å².